The van der Waals surface area contributed by atoms with Gasteiger partial charge < -0.3 is 5.32 Å². The largest absolute Gasteiger partial charge is 0.355 e. The first-order valence-electron chi connectivity index (χ1n) is 7.01. The van der Waals surface area contributed by atoms with Crippen molar-refractivity contribution in [2.24, 2.45) is 0 Å². The standard InChI is InChI=1S/C15H11FIN5O2S/c1-7-4-8(17)2-3-11(7)18-12-6-10(16)13(22(23)24)5-9(12)14-19-15(25)21-20-14/h2-6,18H,1H3,(H2,19,20,21,25). The minimum atomic E-state index is -0.937. The molecule has 0 saturated heterocycles. The lowest BCUT2D eigenvalue weighted by atomic mass is 10.1. The highest BCUT2D eigenvalue weighted by Gasteiger charge is 2.21. The van der Waals surface area contributed by atoms with Crippen molar-refractivity contribution in [3.63, 3.8) is 0 Å². The van der Waals surface area contributed by atoms with E-state index in [1.165, 1.54) is 0 Å². The smallest absolute Gasteiger partial charge is 0.305 e. The van der Waals surface area contributed by atoms with Crippen molar-refractivity contribution < 1.29 is 9.31 Å². The number of nitro groups is 1. The highest BCUT2D eigenvalue weighted by atomic mass is 127. The Bertz CT molecular complexity index is 1030. The zero-order valence-corrected chi connectivity index (χ0v) is 15.7. The maximum absolute atomic E-state index is 14.1. The fourth-order valence-electron chi connectivity index (χ4n) is 2.31. The Kier molecular flexibility index (Phi) is 4.81. The fourth-order valence-corrected chi connectivity index (χ4v) is 3.10. The molecule has 0 saturated carbocycles. The van der Waals surface area contributed by atoms with Crippen LogP contribution in [0, 0.1) is 31.2 Å². The highest BCUT2D eigenvalue weighted by molar-refractivity contribution is 14.1. The number of nitro benzene ring substituents is 1. The molecule has 7 nitrogen and oxygen atoms in total. The van der Waals surface area contributed by atoms with Crippen LogP contribution in [0.1, 0.15) is 5.56 Å². The molecule has 2 aromatic carbocycles. The monoisotopic (exact) mass is 471 g/mol. The predicted molar refractivity (Wildman–Crippen MR) is 103 cm³/mol. The summed E-state index contributed by atoms with van der Waals surface area (Å²) in [6, 6.07) is 7.93. The van der Waals surface area contributed by atoms with Crippen LogP contribution in [0.25, 0.3) is 11.4 Å². The number of benzene rings is 2. The lowest BCUT2D eigenvalue weighted by Gasteiger charge is -2.13. The third kappa shape index (κ3) is 3.69. The fraction of sp³-hybridized carbons (Fsp3) is 0.0667. The van der Waals surface area contributed by atoms with Gasteiger partial charge in [0.1, 0.15) is 0 Å². The van der Waals surface area contributed by atoms with E-state index in [-0.39, 0.29) is 10.6 Å². The van der Waals surface area contributed by atoms with E-state index in [1.807, 2.05) is 25.1 Å². The molecular weight excluding hydrogens is 460 g/mol. The molecule has 128 valence electrons. The Morgan fingerprint density at radius 1 is 1.28 bits per heavy atom. The molecule has 1 aromatic heterocycles. The molecule has 0 aliphatic carbocycles. The van der Waals surface area contributed by atoms with Crippen LogP contribution in [0.15, 0.2) is 30.3 Å². The molecule has 0 spiro atoms. The van der Waals surface area contributed by atoms with E-state index in [1.54, 1.807) is 0 Å². The van der Waals surface area contributed by atoms with E-state index in [0.29, 0.717) is 11.3 Å². The number of nitrogens with zero attached hydrogens (tertiary/aromatic N) is 2. The van der Waals surface area contributed by atoms with Gasteiger partial charge in [-0.1, -0.05) is 0 Å². The normalized spacial score (nSPS) is 10.7. The quantitative estimate of drug-likeness (QED) is 0.219. The third-order valence-electron chi connectivity index (χ3n) is 3.50. The van der Waals surface area contributed by atoms with E-state index in [9.17, 15) is 14.5 Å². The molecule has 1 heterocycles. The summed E-state index contributed by atoms with van der Waals surface area (Å²) in [5.74, 6) is -0.660. The van der Waals surface area contributed by atoms with Crippen molar-refractivity contribution in [2.45, 2.75) is 6.92 Å². The molecule has 3 aromatic rings. The summed E-state index contributed by atoms with van der Waals surface area (Å²) in [6.07, 6.45) is 0. The van der Waals surface area contributed by atoms with Crippen LogP contribution in [0.2, 0.25) is 0 Å². The highest BCUT2D eigenvalue weighted by Crippen LogP contribution is 2.34. The molecule has 3 rings (SSSR count). The Morgan fingerprint density at radius 2 is 2.04 bits per heavy atom. The van der Waals surface area contributed by atoms with Gasteiger partial charge >= 0.3 is 5.69 Å². The molecule has 0 atom stereocenters. The summed E-state index contributed by atoms with van der Waals surface area (Å²) >= 11 is 7.12. The Balaban J connectivity index is 2.15. The van der Waals surface area contributed by atoms with E-state index >= 15 is 0 Å². The summed E-state index contributed by atoms with van der Waals surface area (Å²) in [5.41, 5.74) is 1.74. The van der Waals surface area contributed by atoms with Crippen molar-refractivity contribution >= 4 is 51.9 Å². The van der Waals surface area contributed by atoms with Gasteiger partial charge in [0, 0.05) is 27.0 Å². The molecule has 0 unspecified atom stereocenters. The second-order valence-electron chi connectivity index (χ2n) is 5.21. The molecule has 25 heavy (non-hydrogen) atoms. The average molecular weight is 471 g/mol. The first-order chi connectivity index (χ1) is 11.8. The summed E-state index contributed by atoms with van der Waals surface area (Å²) in [4.78, 5) is 14.3. The Hall–Kier alpha value is -2.34. The number of anilines is 2. The van der Waals surface area contributed by atoms with Gasteiger partial charge in [0.2, 0.25) is 10.6 Å². The second-order valence-corrected chi connectivity index (χ2v) is 6.84. The molecule has 0 aliphatic rings. The lowest BCUT2D eigenvalue weighted by molar-refractivity contribution is -0.387. The first kappa shape index (κ1) is 17.5. The molecule has 10 heteroatoms. The van der Waals surface area contributed by atoms with Gasteiger partial charge in [0.15, 0.2) is 5.82 Å². The van der Waals surface area contributed by atoms with Gasteiger partial charge in [-0.15, -0.1) is 0 Å². The van der Waals surface area contributed by atoms with Gasteiger partial charge in [0.25, 0.3) is 0 Å². The van der Waals surface area contributed by atoms with Crippen molar-refractivity contribution in [3.05, 3.63) is 60.2 Å². The summed E-state index contributed by atoms with van der Waals surface area (Å²) in [5, 5.41) is 19.5. The SMILES string of the molecule is Cc1cc(I)ccc1Nc1cc(F)c([N+](=O)[O-])cc1-c1nc(=S)[nH][nH]1. The average Bonchev–Trinajstić information content (AvgIpc) is 2.96. The van der Waals surface area contributed by atoms with Crippen LogP contribution in [-0.2, 0) is 0 Å². The molecule has 3 N–H and O–H groups in total. The van der Waals surface area contributed by atoms with Gasteiger partial charge in [0.05, 0.1) is 10.6 Å². The molecule has 0 amide bonds. The second kappa shape index (κ2) is 6.88. The number of rotatable bonds is 4. The topological polar surface area (TPSA) is 99.6 Å². The van der Waals surface area contributed by atoms with Crippen LogP contribution in [0.3, 0.4) is 0 Å². The number of aromatic nitrogens is 3. The van der Waals surface area contributed by atoms with Crippen LogP contribution < -0.4 is 5.32 Å². The number of aromatic amines is 2. The van der Waals surface area contributed by atoms with Gasteiger partial charge in [-0.2, -0.15) is 9.37 Å². The van der Waals surface area contributed by atoms with E-state index in [4.69, 9.17) is 12.2 Å². The minimum Gasteiger partial charge on any atom is -0.355 e. The maximum Gasteiger partial charge on any atom is 0.305 e. The van der Waals surface area contributed by atoms with E-state index < -0.39 is 16.4 Å². The van der Waals surface area contributed by atoms with Crippen molar-refractivity contribution in [1.29, 1.82) is 0 Å². The lowest BCUT2D eigenvalue weighted by Crippen LogP contribution is -2.00. The van der Waals surface area contributed by atoms with Crippen LogP contribution in [0.5, 0.6) is 0 Å². The van der Waals surface area contributed by atoms with Crippen LogP contribution in [0.4, 0.5) is 21.5 Å². The Labute approximate surface area is 160 Å². The molecule has 0 radical (unpaired) electrons. The first-order valence-corrected chi connectivity index (χ1v) is 8.50. The van der Waals surface area contributed by atoms with Gasteiger partial charge in [-0.05, 0) is 65.5 Å². The minimum absolute atomic E-state index is 0.193. The van der Waals surface area contributed by atoms with Crippen molar-refractivity contribution in [1.82, 2.24) is 15.2 Å². The molecule has 0 bridgehead atoms. The zero-order valence-electron chi connectivity index (χ0n) is 12.8. The summed E-state index contributed by atoms with van der Waals surface area (Å²) in [6.45, 7) is 1.91. The number of H-pyrrole nitrogens is 2. The number of halogens is 2. The van der Waals surface area contributed by atoms with Crippen LogP contribution in [-0.4, -0.2) is 20.1 Å². The summed E-state index contributed by atoms with van der Waals surface area (Å²) < 4.78 is 15.4. The number of hydrogen-bond donors (Lipinski definition) is 3. The number of aryl methyl sites for hydroxylation is 1. The maximum atomic E-state index is 14.1. The number of nitrogens with one attached hydrogen (secondary N) is 3. The van der Waals surface area contributed by atoms with Gasteiger partial charge in [-0.25, -0.2) is 0 Å². The molecular formula is C15H11FIN5O2S. The molecule has 0 aliphatic heterocycles. The predicted octanol–water partition coefficient (Wildman–Crippen LogP) is 4.84. The third-order valence-corrected chi connectivity index (χ3v) is 4.36. The Morgan fingerprint density at radius 3 is 2.64 bits per heavy atom. The number of hydrogen-bond acceptors (Lipinski definition) is 5. The zero-order chi connectivity index (χ0) is 18.1. The van der Waals surface area contributed by atoms with Crippen molar-refractivity contribution in [2.75, 3.05) is 5.32 Å². The van der Waals surface area contributed by atoms with E-state index in [0.717, 1.165) is 27.0 Å². The summed E-state index contributed by atoms with van der Waals surface area (Å²) in [7, 11) is 0. The molecule has 0 fully saturated rings. The van der Waals surface area contributed by atoms with E-state index in [2.05, 4.69) is 43.1 Å². The van der Waals surface area contributed by atoms with Crippen LogP contribution >= 0.6 is 34.8 Å². The van der Waals surface area contributed by atoms with Crippen molar-refractivity contribution in [3.8, 4) is 11.4 Å². The van der Waals surface area contributed by atoms with Gasteiger partial charge in [-0.3, -0.25) is 20.3 Å².